The minimum absolute atomic E-state index is 0.0179. The van der Waals surface area contributed by atoms with Crippen molar-refractivity contribution in [1.82, 2.24) is 19.9 Å². The Balaban J connectivity index is 1.14. The zero-order valence-corrected chi connectivity index (χ0v) is 20.6. The summed E-state index contributed by atoms with van der Waals surface area (Å²) in [4.78, 5) is 33.8. The molecule has 3 heterocycles. The number of carbonyl (C=O) groups excluding carboxylic acids is 2. The van der Waals surface area contributed by atoms with Crippen molar-refractivity contribution in [2.75, 3.05) is 39.9 Å². The van der Waals surface area contributed by atoms with Gasteiger partial charge in [0.25, 0.3) is 5.91 Å². The van der Waals surface area contributed by atoms with Crippen molar-refractivity contribution in [3.05, 3.63) is 60.0 Å². The Morgan fingerprint density at radius 3 is 2.47 bits per heavy atom. The summed E-state index contributed by atoms with van der Waals surface area (Å²) in [6.07, 6.45) is 1.53. The Morgan fingerprint density at radius 1 is 1.03 bits per heavy atom. The highest BCUT2D eigenvalue weighted by Gasteiger charge is 2.39. The third kappa shape index (κ3) is 4.78. The van der Waals surface area contributed by atoms with Crippen molar-refractivity contribution in [3.63, 3.8) is 0 Å². The molecule has 2 amide bonds. The van der Waals surface area contributed by atoms with Crippen LogP contribution in [0.1, 0.15) is 41.9 Å². The molecule has 0 radical (unpaired) electrons. The highest BCUT2D eigenvalue weighted by Crippen LogP contribution is 2.34. The fourth-order valence-corrected chi connectivity index (χ4v) is 4.77. The van der Waals surface area contributed by atoms with E-state index in [1.165, 1.54) is 0 Å². The smallest absolute Gasteiger partial charge is 0.253 e. The molecule has 3 aromatic rings. The van der Waals surface area contributed by atoms with Crippen LogP contribution >= 0.6 is 0 Å². The zero-order chi connectivity index (χ0) is 25.1. The molecule has 1 aromatic heterocycles. The highest BCUT2D eigenvalue weighted by molar-refractivity contribution is 5.96. The SMILES string of the molecule is CCOc1ccc(-c2noc(C3CCN(C(=O)C4CN(C(=O)c5ccccc5)C4)CC3)n2)cc1OC. The maximum atomic E-state index is 13.0. The number of aromatic nitrogens is 2. The molecule has 2 aromatic carbocycles. The van der Waals surface area contributed by atoms with Crippen LogP contribution in [0, 0.1) is 5.92 Å². The predicted molar refractivity (Wildman–Crippen MR) is 132 cm³/mol. The van der Waals surface area contributed by atoms with E-state index >= 15 is 0 Å². The Labute approximate surface area is 210 Å². The van der Waals surface area contributed by atoms with E-state index in [2.05, 4.69) is 10.1 Å². The van der Waals surface area contributed by atoms with Crippen LogP contribution in [0.3, 0.4) is 0 Å². The van der Waals surface area contributed by atoms with Crippen molar-refractivity contribution in [2.45, 2.75) is 25.7 Å². The number of likely N-dealkylation sites (tertiary alicyclic amines) is 2. The van der Waals surface area contributed by atoms with Crippen molar-refractivity contribution >= 4 is 11.8 Å². The normalized spacial score (nSPS) is 16.5. The van der Waals surface area contributed by atoms with E-state index < -0.39 is 0 Å². The van der Waals surface area contributed by atoms with Gasteiger partial charge in [-0.2, -0.15) is 4.98 Å². The summed E-state index contributed by atoms with van der Waals surface area (Å²) >= 11 is 0. The van der Waals surface area contributed by atoms with Gasteiger partial charge >= 0.3 is 0 Å². The zero-order valence-electron chi connectivity index (χ0n) is 20.6. The van der Waals surface area contributed by atoms with E-state index in [0.29, 0.717) is 61.6 Å². The lowest BCUT2D eigenvalue weighted by Gasteiger charge is -2.42. The Morgan fingerprint density at radius 2 is 1.78 bits per heavy atom. The maximum absolute atomic E-state index is 13.0. The molecule has 188 valence electrons. The molecule has 0 spiro atoms. The molecule has 2 aliphatic heterocycles. The van der Waals surface area contributed by atoms with Crippen LogP contribution in [0.5, 0.6) is 11.5 Å². The third-order valence-electron chi connectivity index (χ3n) is 6.86. The Hall–Kier alpha value is -3.88. The van der Waals surface area contributed by atoms with Gasteiger partial charge in [-0.15, -0.1) is 0 Å². The van der Waals surface area contributed by atoms with E-state index in [1.54, 1.807) is 24.1 Å². The number of rotatable bonds is 7. The fraction of sp³-hybridized carbons (Fsp3) is 0.407. The molecule has 2 saturated heterocycles. The first-order valence-corrected chi connectivity index (χ1v) is 12.3. The second-order valence-corrected chi connectivity index (χ2v) is 9.13. The Bertz CT molecular complexity index is 1210. The maximum Gasteiger partial charge on any atom is 0.253 e. The summed E-state index contributed by atoms with van der Waals surface area (Å²) in [6.45, 7) is 4.71. The lowest BCUT2D eigenvalue weighted by Crippen LogP contribution is -2.57. The predicted octanol–water partition coefficient (Wildman–Crippen LogP) is 3.62. The molecule has 0 N–H and O–H groups in total. The molecular formula is C27H30N4O5. The van der Waals surface area contributed by atoms with Gasteiger partial charge in [0.05, 0.1) is 19.6 Å². The first kappa shape index (κ1) is 23.8. The largest absolute Gasteiger partial charge is 0.493 e. The highest BCUT2D eigenvalue weighted by atomic mass is 16.5. The van der Waals surface area contributed by atoms with Crippen molar-refractivity contribution in [1.29, 1.82) is 0 Å². The molecule has 9 heteroatoms. The average Bonchev–Trinajstić information content (AvgIpc) is 3.39. The van der Waals surface area contributed by atoms with Gasteiger partial charge in [-0.3, -0.25) is 9.59 Å². The Kier molecular flexibility index (Phi) is 6.88. The molecular weight excluding hydrogens is 460 g/mol. The van der Waals surface area contributed by atoms with Gasteiger partial charge in [0, 0.05) is 43.2 Å². The van der Waals surface area contributed by atoms with E-state index in [1.807, 2.05) is 48.2 Å². The first-order valence-electron chi connectivity index (χ1n) is 12.3. The van der Waals surface area contributed by atoms with Crippen LogP contribution < -0.4 is 9.47 Å². The van der Waals surface area contributed by atoms with Crippen LogP contribution in [0.15, 0.2) is 53.1 Å². The summed E-state index contributed by atoms with van der Waals surface area (Å²) in [5.41, 5.74) is 1.45. The summed E-state index contributed by atoms with van der Waals surface area (Å²) in [7, 11) is 1.60. The van der Waals surface area contributed by atoms with E-state index in [-0.39, 0.29) is 23.7 Å². The molecule has 0 saturated carbocycles. The molecule has 5 rings (SSSR count). The minimum atomic E-state index is -0.126. The van der Waals surface area contributed by atoms with Crippen LogP contribution in [-0.2, 0) is 4.79 Å². The second-order valence-electron chi connectivity index (χ2n) is 9.13. The topological polar surface area (TPSA) is 98.0 Å². The number of piperidine rings is 1. The van der Waals surface area contributed by atoms with Gasteiger partial charge in [-0.05, 0) is 50.1 Å². The molecule has 0 unspecified atom stereocenters. The number of carbonyl (C=O) groups is 2. The van der Waals surface area contributed by atoms with E-state index in [4.69, 9.17) is 14.0 Å². The summed E-state index contributed by atoms with van der Waals surface area (Å²) in [5.74, 6) is 2.47. The summed E-state index contributed by atoms with van der Waals surface area (Å²) < 4.78 is 16.6. The number of amides is 2. The van der Waals surface area contributed by atoms with E-state index in [0.717, 1.165) is 18.4 Å². The molecule has 0 atom stereocenters. The minimum Gasteiger partial charge on any atom is -0.493 e. The van der Waals surface area contributed by atoms with Gasteiger partial charge < -0.3 is 23.8 Å². The lowest BCUT2D eigenvalue weighted by atomic mass is 9.93. The van der Waals surface area contributed by atoms with Gasteiger partial charge in [-0.1, -0.05) is 23.4 Å². The number of ether oxygens (including phenoxy) is 2. The number of nitrogens with zero attached hydrogens (tertiary/aromatic N) is 4. The van der Waals surface area contributed by atoms with Gasteiger partial charge in [0.15, 0.2) is 11.5 Å². The van der Waals surface area contributed by atoms with Gasteiger partial charge in [0.1, 0.15) is 0 Å². The standard InChI is InChI=1S/C27H30N4O5/c1-3-35-22-10-9-20(15-23(22)34-2)24-28-25(36-29-24)18-11-13-30(14-12-18)27(33)21-16-31(17-21)26(32)19-7-5-4-6-8-19/h4-10,15,18,21H,3,11-14,16-17H2,1-2H3. The van der Waals surface area contributed by atoms with Gasteiger partial charge in [-0.25, -0.2) is 0 Å². The third-order valence-corrected chi connectivity index (χ3v) is 6.86. The first-order chi connectivity index (χ1) is 17.6. The summed E-state index contributed by atoms with van der Waals surface area (Å²) in [5, 5.41) is 4.17. The summed E-state index contributed by atoms with van der Waals surface area (Å²) in [6, 6.07) is 14.7. The molecule has 0 aliphatic carbocycles. The van der Waals surface area contributed by atoms with Gasteiger partial charge in [0.2, 0.25) is 17.6 Å². The van der Waals surface area contributed by atoms with Crippen LogP contribution in [-0.4, -0.2) is 71.7 Å². The quantitative estimate of drug-likeness (QED) is 0.499. The van der Waals surface area contributed by atoms with Crippen LogP contribution in [0.2, 0.25) is 0 Å². The number of hydrogen-bond acceptors (Lipinski definition) is 7. The molecule has 9 nitrogen and oxygen atoms in total. The molecule has 36 heavy (non-hydrogen) atoms. The van der Waals surface area contributed by atoms with Crippen molar-refractivity contribution in [3.8, 4) is 22.9 Å². The molecule has 2 aliphatic rings. The molecule has 2 fully saturated rings. The van der Waals surface area contributed by atoms with Crippen molar-refractivity contribution < 1.29 is 23.6 Å². The molecule has 0 bridgehead atoms. The number of methoxy groups -OCH3 is 1. The monoisotopic (exact) mass is 490 g/mol. The van der Waals surface area contributed by atoms with Crippen LogP contribution in [0.4, 0.5) is 0 Å². The number of hydrogen-bond donors (Lipinski definition) is 0. The number of benzene rings is 2. The second kappa shape index (κ2) is 10.4. The van der Waals surface area contributed by atoms with E-state index in [9.17, 15) is 9.59 Å². The average molecular weight is 491 g/mol. The fourth-order valence-electron chi connectivity index (χ4n) is 4.77. The van der Waals surface area contributed by atoms with Crippen molar-refractivity contribution in [2.24, 2.45) is 5.92 Å². The van der Waals surface area contributed by atoms with Crippen LogP contribution in [0.25, 0.3) is 11.4 Å². The lowest BCUT2D eigenvalue weighted by molar-refractivity contribution is -0.141.